The summed E-state index contributed by atoms with van der Waals surface area (Å²) in [6.07, 6.45) is 0.154. The monoisotopic (exact) mass is 316 g/mol. The smallest absolute Gasteiger partial charge is 0.170 e. The number of fused-ring (bicyclic) bond motifs is 1. The van der Waals surface area contributed by atoms with Crippen LogP contribution in [0.2, 0.25) is 0 Å². The lowest BCUT2D eigenvalue weighted by molar-refractivity contribution is 0.0580. The van der Waals surface area contributed by atoms with Gasteiger partial charge in [-0.25, -0.2) is 8.42 Å². The number of carbonyl (C=O) groups excluding carboxylic acids is 1. The summed E-state index contributed by atoms with van der Waals surface area (Å²) >= 11 is 3.30. The lowest BCUT2D eigenvalue weighted by Crippen LogP contribution is -2.61. The number of hydrogen-bond donors (Lipinski definition) is 0. The van der Waals surface area contributed by atoms with Crippen molar-refractivity contribution in [2.75, 3.05) is 11.5 Å². The molecule has 4 nitrogen and oxygen atoms in total. The van der Waals surface area contributed by atoms with Crippen LogP contribution in [0.15, 0.2) is 22.7 Å². The Morgan fingerprint density at radius 3 is 2.65 bits per heavy atom. The first-order valence-corrected chi connectivity index (χ1v) is 7.73. The first-order valence-electron chi connectivity index (χ1n) is 5.11. The Labute approximate surface area is 107 Å². The fourth-order valence-corrected chi connectivity index (χ4v) is 4.57. The number of ether oxygens (including phenoxy) is 1. The van der Waals surface area contributed by atoms with Crippen molar-refractivity contribution in [2.45, 2.75) is 12.0 Å². The van der Waals surface area contributed by atoms with E-state index in [4.69, 9.17) is 4.74 Å². The molecular weight excluding hydrogens is 308 g/mol. The third-order valence-electron chi connectivity index (χ3n) is 3.02. The number of Topliss-reactive ketones (excluding diaryl/α,β-unsaturated/α-hetero) is 1. The highest BCUT2D eigenvalue weighted by Gasteiger charge is 2.54. The van der Waals surface area contributed by atoms with Gasteiger partial charge in [0.2, 0.25) is 0 Å². The zero-order valence-corrected chi connectivity index (χ0v) is 11.2. The molecule has 1 saturated heterocycles. The molecule has 2 aliphatic rings. The second kappa shape index (κ2) is 3.32. The molecule has 0 radical (unpaired) electrons. The van der Waals surface area contributed by atoms with Gasteiger partial charge >= 0.3 is 0 Å². The zero-order chi connectivity index (χ0) is 12.3. The molecule has 0 unspecified atom stereocenters. The van der Waals surface area contributed by atoms with Crippen molar-refractivity contribution in [3.8, 4) is 5.75 Å². The van der Waals surface area contributed by atoms with Gasteiger partial charge in [-0.2, -0.15) is 0 Å². The standard InChI is InChI=1S/C11H9BrO4S/c12-7-1-2-8-9(13)4-11(16-10(8)3-7)5-17(14,15)6-11/h1-3H,4-6H2. The number of carbonyl (C=O) groups is 1. The van der Waals surface area contributed by atoms with Crippen molar-refractivity contribution in [2.24, 2.45) is 0 Å². The van der Waals surface area contributed by atoms with Gasteiger partial charge in [0.15, 0.2) is 15.6 Å². The highest BCUT2D eigenvalue weighted by atomic mass is 79.9. The highest BCUT2D eigenvalue weighted by Crippen LogP contribution is 2.40. The van der Waals surface area contributed by atoms with Crippen molar-refractivity contribution in [1.82, 2.24) is 0 Å². The molecule has 1 aromatic rings. The quantitative estimate of drug-likeness (QED) is 0.729. The molecule has 17 heavy (non-hydrogen) atoms. The van der Waals surface area contributed by atoms with Gasteiger partial charge in [-0.05, 0) is 18.2 Å². The Morgan fingerprint density at radius 1 is 1.29 bits per heavy atom. The molecular formula is C11H9BrO4S. The maximum atomic E-state index is 11.9. The van der Waals surface area contributed by atoms with E-state index in [0.717, 1.165) is 4.47 Å². The van der Waals surface area contributed by atoms with Crippen LogP contribution >= 0.6 is 15.9 Å². The largest absolute Gasteiger partial charge is 0.484 e. The predicted molar refractivity (Wildman–Crippen MR) is 65.1 cm³/mol. The average Bonchev–Trinajstić information content (AvgIpc) is 2.12. The van der Waals surface area contributed by atoms with Crippen LogP contribution in [0, 0.1) is 0 Å². The molecule has 0 atom stereocenters. The van der Waals surface area contributed by atoms with Crippen molar-refractivity contribution >= 4 is 31.6 Å². The summed E-state index contributed by atoms with van der Waals surface area (Å²) in [6.45, 7) is 0. The van der Waals surface area contributed by atoms with Crippen LogP contribution in [0.5, 0.6) is 5.75 Å². The van der Waals surface area contributed by atoms with E-state index in [1.54, 1.807) is 18.2 Å². The molecule has 0 N–H and O–H groups in total. The van der Waals surface area contributed by atoms with Gasteiger partial charge in [0.1, 0.15) is 11.4 Å². The number of sulfone groups is 1. The second-order valence-corrected chi connectivity index (χ2v) is 7.54. The summed E-state index contributed by atoms with van der Waals surface area (Å²) in [6, 6.07) is 5.18. The van der Waals surface area contributed by atoms with Crippen LogP contribution in [0.1, 0.15) is 16.8 Å². The lowest BCUT2D eigenvalue weighted by Gasteiger charge is -2.43. The Kier molecular flexibility index (Phi) is 2.19. The molecule has 3 rings (SSSR count). The summed E-state index contributed by atoms with van der Waals surface area (Å²) in [5.41, 5.74) is -0.285. The summed E-state index contributed by atoms with van der Waals surface area (Å²) in [4.78, 5) is 11.9. The van der Waals surface area contributed by atoms with Gasteiger partial charge in [-0.3, -0.25) is 4.79 Å². The maximum Gasteiger partial charge on any atom is 0.170 e. The van der Waals surface area contributed by atoms with Gasteiger partial charge in [0, 0.05) is 4.47 Å². The summed E-state index contributed by atoms with van der Waals surface area (Å²) in [5.74, 6) is 0.314. The van der Waals surface area contributed by atoms with Crippen LogP contribution in [-0.4, -0.2) is 31.3 Å². The zero-order valence-electron chi connectivity index (χ0n) is 8.77. The van der Waals surface area contributed by atoms with Crippen LogP contribution in [0.25, 0.3) is 0 Å². The van der Waals surface area contributed by atoms with Crippen LogP contribution in [0.4, 0.5) is 0 Å². The summed E-state index contributed by atoms with van der Waals surface area (Å²) < 4.78 is 29.0. The molecule has 1 fully saturated rings. The van der Waals surface area contributed by atoms with Crippen molar-refractivity contribution in [3.05, 3.63) is 28.2 Å². The van der Waals surface area contributed by atoms with Crippen molar-refractivity contribution < 1.29 is 17.9 Å². The molecule has 0 amide bonds. The first kappa shape index (κ1) is 11.2. The Balaban J connectivity index is 2.01. The first-order chi connectivity index (χ1) is 7.89. The van der Waals surface area contributed by atoms with Crippen LogP contribution in [-0.2, 0) is 9.84 Å². The van der Waals surface area contributed by atoms with Gasteiger partial charge in [-0.15, -0.1) is 0 Å². The molecule has 0 bridgehead atoms. The van der Waals surface area contributed by atoms with Gasteiger partial charge in [-0.1, -0.05) is 15.9 Å². The highest BCUT2D eigenvalue weighted by molar-refractivity contribution is 9.10. The SMILES string of the molecule is O=C1CC2(CS(=O)(=O)C2)Oc2cc(Br)ccc21. The fourth-order valence-electron chi connectivity index (χ4n) is 2.39. The average molecular weight is 317 g/mol. The number of hydrogen-bond acceptors (Lipinski definition) is 4. The third-order valence-corrected chi connectivity index (χ3v) is 5.44. The van der Waals surface area contributed by atoms with E-state index in [2.05, 4.69) is 15.9 Å². The van der Waals surface area contributed by atoms with Gasteiger partial charge < -0.3 is 4.74 Å². The minimum Gasteiger partial charge on any atom is -0.484 e. The molecule has 2 heterocycles. The molecule has 1 spiro atoms. The normalized spacial score (nSPS) is 23.7. The molecule has 90 valence electrons. The van der Waals surface area contributed by atoms with Crippen molar-refractivity contribution in [1.29, 1.82) is 0 Å². The third kappa shape index (κ3) is 1.79. The van der Waals surface area contributed by atoms with E-state index in [1.165, 1.54) is 0 Å². The molecule has 0 aromatic heterocycles. The Hall–Kier alpha value is -0.880. The van der Waals surface area contributed by atoms with Crippen LogP contribution < -0.4 is 4.74 Å². The van der Waals surface area contributed by atoms with E-state index in [9.17, 15) is 13.2 Å². The van der Waals surface area contributed by atoms with E-state index >= 15 is 0 Å². The number of ketones is 1. The number of halogens is 1. The van der Waals surface area contributed by atoms with E-state index in [1.807, 2.05) is 0 Å². The van der Waals surface area contributed by atoms with E-state index in [0.29, 0.717) is 11.3 Å². The Bertz CT molecular complexity index is 608. The fraction of sp³-hybridized carbons (Fsp3) is 0.364. The summed E-state index contributed by atoms with van der Waals surface area (Å²) in [7, 11) is -3.01. The molecule has 0 saturated carbocycles. The summed E-state index contributed by atoms with van der Waals surface area (Å²) in [5, 5.41) is 0. The minimum absolute atomic E-state index is 0.0475. The minimum atomic E-state index is -3.01. The van der Waals surface area contributed by atoms with E-state index in [-0.39, 0.29) is 23.7 Å². The van der Waals surface area contributed by atoms with Crippen molar-refractivity contribution in [3.63, 3.8) is 0 Å². The van der Waals surface area contributed by atoms with E-state index < -0.39 is 15.4 Å². The molecule has 6 heteroatoms. The van der Waals surface area contributed by atoms with Gasteiger partial charge in [0.25, 0.3) is 0 Å². The van der Waals surface area contributed by atoms with Gasteiger partial charge in [0.05, 0.1) is 23.5 Å². The number of rotatable bonds is 0. The molecule has 2 aliphatic heterocycles. The molecule has 1 aromatic carbocycles. The maximum absolute atomic E-state index is 11.9. The predicted octanol–water partition coefficient (Wildman–Crippen LogP) is 1.58. The molecule has 0 aliphatic carbocycles. The lowest BCUT2D eigenvalue weighted by atomic mass is 9.92. The topological polar surface area (TPSA) is 60.4 Å². The van der Waals surface area contributed by atoms with Crippen LogP contribution in [0.3, 0.4) is 0 Å². The second-order valence-electron chi connectivity index (χ2n) is 4.56. The Morgan fingerprint density at radius 2 is 2.00 bits per heavy atom. The number of benzene rings is 1.